The Morgan fingerprint density at radius 1 is 1.20 bits per heavy atom. The third kappa shape index (κ3) is 5.50. The average Bonchev–Trinajstić information content (AvgIpc) is 2.71. The van der Waals surface area contributed by atoms with Crippen LogP contribution < -0.4 is 10.1 Å². The van der Waals surface area contributed by atoms with E-state index in [1.807, 2.05) is 19.1 Å². The minimum atomic E-state index is -4.35. The molecule has 160 valence electrons. The van der Waals surface area contributed by atoms with E-state index in [1.54, 1.807) is 19.1 Å². The molecule has 0 saturated heterocycles. The Balaban J connectivity index is 1.56. The second-order valence-corrected chi connectivity index (χ2v) is 7.36. The van der Waals surface area contributed by atoms with E-state index in [9.17, 15) is 13.2 Å². The number of hydrogen-bond donors (Lipinski definition) is 1. The smallest absolute Gasteiger partial charge is 0.414 e. The van der Waals surface area contributed by atoms with Crippen molar-refractivity contribution in [3.8, 4) is 5.75 Å². The first-order valence-corrected chi connectivity index (χ1v) is 9.99. The third-order valence-corrected chi connectivity index (χ3v) is 5.11. The standard InChI is InChI=1S/C21H22ClF3N4O/c1-3-17-18(22)19(29-12-28-17)26-9-8-14-4-6-16(7-5-14)30-20-13(2)10-15(11-27-20)21(23,24)25/h4-7,11-13H,3,8-10H2,1-2H3,(H,26,28,29). The van der Waals surface area contributed by atoms with Crippen molar-refractivity contribution in [3.63, 3.8) is 0 Å². The quantitative estimate of drug-likeness (QED) is 0.636. The summed E-state index contributed by atoms with van der Waals surface area (Å²) in [6, 6.07) is 7.36. The van der Waals surface area contributed by atoms with Crippen LogP contribution in [0.4, 0.5) is 19.0 Å². The van der Waals surface area contributed by atoms with E-state index >= 15 is 0 Å². The summed E-state index contributed by atoms with van der Waals surface area (Å²) in [5, 5.41) is 3.74. The van der Waals surface area contributed by atoms with Gasteiger partial charge in [0, 0.05) is 18.7 Å². The summed E-state index contributed by atoms with van der Waals surface area (Å²) >= 11 is 6.27. The lowest BCUT2D eigenvalue weighted by atomic mass is 9.99. The van der Waals surface area contributed by atoms with Crippen LogP contribution in [0.3, 0.4) is 0 Å². The summed E-state index contributed by atoms with van der Waals surface area (Å²) in [4.78, 5) is 12.2. The SMILES string of the molecule is CCc1ncnc(NCCc2ccc(OC3=NC=C(C(F)(F)F)CC3C)cc2)c1Cl. The highest BCUT2D eigenvalue weighted by atomic mass is 35.5. The molecule has 1 atom stereocenters. The second-order valence-electron chi connectivity index (χ2n) is 6.98. The van der Waals surface area contributed by atoms with E-state index in [0.717, 1.165) is 30.3 Å². The maximum Gasteiger partial charge on any atom is 0.414 e. The van der Waals surface area contributed by atoms with E-state index in [1.165, 1.54) is 6.33 Å². The molecule has 1 aromatic carbocycles. The summed E-state index contributed by atoms with van der Waals surface area (Å²) in [5.41, 5.74) is 1.22. The Hall–Kier alpha value is -2.61. The van der Waals surface area contributed by atoms with Gasteiger partial charge in [0.1, 0.15) is 22.9 Å². The predicted octanol–water partition coefficient (Wildman–Crippen LogP) is 5.61. The number of aromatic nitrogens is 2. The van der Waals surface area contributed by atoms with E-state index in [4.69, 9.17) is 16.3 Å². The molecule has 1 aromatic heterocycles. The fourth-order valence-electron chi connectivity index (χ4n) is 3.00. The molecule has 3 rings (SSSR count). The molecule has 1 aliphatic heterocycles. The number of benzene rings is 1. The molecule has 5 nitrogen and oxygen atoms in total. The summed E-state index contributed by atoms with van der Waals surface area (Å²) < 4.78 is 44.0. The number of rotatable bonds is 6. The maximum absolute atomic E-state index is 12.8. The number of alkyl halides is 3. The van der Waals surface area contributed by atoms with Crippen LogP contribution in [0, 0.1) is 5.92 Å². The van der Waals surface area contributed by atoms with Gasteiger partial charge in [0.15, 0.2) is 5.90 Å². The number of hydrogen-bond acceptors (Lipinski definition) is 5. The number of aliphatic imine (C=N–C) groups is 1. The zero-order chi connectivity index (χ0) is 21.7. The van der Waals surface area contributed by atoms with Crippen LogP contribution in [0.2, 0.25) is 5.02 Å². The lowest BCUT2D eigenvalue weighted by Crippen LogP contribution is -2.25. The number of nitrogens with one attached hydrogen (secondary N) is 1. The van der Waals surface area contributed by atoms with Gasteiger partial charge in [-0.25, -0.2) is 15.0 Å². The highest BCUT2D eigenvalue weighted by Gasteiger charge is 2.37. The van der Waals surface area contributed by atoms with Gasteiger partial charge in [0.2, 0.25) is 0 Å². The first-order valence-electron chi connectivity index (χ1n) is 9.62. The van der Waals surface area contributed by atoms with Crippen molar-refractivity contribution in [2.45, 2.75) is 39.3 Å². The molecule has 0 aliphatic carbocycles. The Morgan fingerprint density at radius 3 is 2.57 bits per heavy atom. The molecule has 0 bridgehead atoms. The monoisotopic (exact) mass is 438 g/mol. The number of halogens is 4. The van der Waals surface area contributed by atoms with Crippen molar-refractivity contribution in [3.05, 3.63) is 58.6 Å². The van der Waals surface area contributed by atoms with Gasteiger partial charge in [-0.15, -0.1) is 0 Å². The average molecular weight is 439 g/mol. The number of nitrogens with zero attached hydrogens (tertiary/aromatic N) is 3. The van der Waals surface area contributed by atoms with Crippen LogP contribution in [0.15, 0.2) is 47.4 Å². The number of anilines is 1. The lowest BCUT2D eigenvalue weighted by Gasteiger charge is -2.21. The van der Waals surface area contributed by atoms with Gasteiger partial charge < -0.3 is 10.1 Å². The fraction of sp³-hybridized carbons (Fsp3) is 0.381. The maximum atomic E-state index is 12.8. The van der Waals surface area contributed by atoms with Gasteiger partial charge in [-0.2, -0.15) is 13.2 Å². The molecule has 0 spiro atoms. The third-order valence-electron chi connectivity index (χ3n) is 4.71. The highest BCUT2D eigenvalue weighted by Crippen LogP contribution is 2.33. The minimum absolute atomic E-state index is 0.141. The summed E-state index contributed by atoms with van der Waals surface area (Å²) in [6.45, 7) is 4.28. The molecule has 1 aliphatic rings. The highest BCUT2D eigenvalue weighted by molar-refractivity contribution is 6.33. The first-order chi connectivity index (χ1) is 14.3. The Labute approximate surface area is 178 Å². The van der Waals surface area contributed by atoms with Gasteiger partial charge in [-0.1, -0.05) is 37.6 Å². The van der Waals surface area contributed by atoms with Crippen LogP contribution in [-0.2, 0) is 12.8 Å². The van der Waals surface area contributed by atoms with Gasteiger partial charge in [-0.3, -0.25) is 0 Å². The van der Waals surface area contributed by atoms with Crippen molar-refractivity contribution < 1.29 is 17.9 Å². The van der Waals surface area contributed by atoms with Crippen LogP contribution in [0.25, 0.3) is 0 Å². The molecule has 1 N–H and O–H groups in total. The Kier molecular flexibility index (Phi) is 6.97. The normalized spacial score (nSPS) is 16.7. The van der Waals surface area contributed by atoms with Gasteiger partial charge in [0.25, 0.3) is 0 Å². The summed E-state index contributed by atoms with van der Waals surface area (Å²) in [7, 11) is 0. The molecule has 1 unspecified atom stereocenters. The van der Waals surface area contributed by atoms with Crippen molar-refractivity contribution in [2.75, 3.05) is 11.9 Å². The number of aryl methyl sites for hydroxylation is 1. The predicted molar refractivity (Wildman–Crippen MR) is 111 cm³/mol. The topological polar surface area (TPSA) is 59.4 Å². The molecule has 9 heteroatoms. The molecular formula is C21H22ClF3N4O. The molecule has 0 amide bonds. The molecule has 0 fully saturated rings. The van der Waals surface area contributed by atoms with Gasteiger partial charge in [0.05, 0.1) is 11.3 Å². The van der Waals surface area contributed by atoms with Crippen LogP contribution >= 0.6 is 11.6 Å². The number of ether oxygens (including phenoxy) is 1. The van der Waals surface area contributed by atoms with Crippen LogP contribution in [-0.4, -0.2) is 28.6 Å². The van der Waals surface area contributed by atoms with Crippen LogP contribution in [0.1, 0.15) is 31.5 Å². The zero-order valence-electron chi connectivity index (χ0n) is 16.6. The first kappa shape index (κ1) is 22.1. The van der Waals surface area contributed by atoms with Crippen LogP contribution in [0.5, 0.6) is 5.75 Å². The Bertz CT molecular complexity index is 942. The van der Waals surface area contributed by atoms with Crippen molar-refractivity contribution in [2.24, 2.45) is 10.9 Å². The van der Waals surface area contributed by atoms with Gasteiger partial charge >= 0.3 is 6.18 Å². The molecule has 30 heavy (non-hydrogen) atoms. The van der Waals surface area contributed by atoms with Crippen molar-refractivity contribution >= 4 is 23.3 Å². The molecule has 2 heterocycles. The van der Waals surface area contributed by atoms with Crippen molar-refractivity contribution in [1.29, 1.82) is 0 Å². The van der Waals surface area contributed by atoms with Crippen molar-refractivity contribution in [1.82, 2.24) is 9.97 Å². The summed E-state index contributed by atoms with van der Waals surface area (Å²) in [6.07, 6.45) is -0.699. The fourth-order valence-corrected chi connectivity index (χ4v) is 3.30. The minimum Gasteiger partial charge on any atom is -0.443 e. The Morgan fingerprint density at radius 2 is 1.93 bits per heavy atom. The van der Waals surface area contributed by atoms with E-state index < -0.39 is 17.7 Å². The summed E-state index contributed by atoms with van der Waals surface area (Å²) in [5.74, 6) is 0.982. The second kappa shape index (κ2) is 9.47. The van der Waals surface area contributed by atoms with E-state index in [-0.39, 0.29) is 12.3 Å². The van der Waals surface area contributed by atoms with E-state index in [2.05, 4.69) is 20.3 Å². The zero-order valence-corrected chi connectivity index (χ0v) is 17.4. The number of allylic oxidation sites excluding steroid dienone is 1. The molecular weight excluding hydrogens is 417 g/mol. The molecule has 2 aromatic rings. The lowest BCUT2D eigenvalue weighted by molar-refractivity contribution is -0.0951. The largest absolute Gasteiger partial charge is 0.443 e. The van der Waals surface area contributed by atoms with E-state index in [0.29, 0.717) is 23.1 Å². The molecule has 0 saturated carbocycles. The van der Waals surface area contributed by atoms with Gasteiger partial charge in [-0.05, 0) is 37.0 Å². The molecule has 0 radical (unpaired) electrons.